The standard InChI is InChI=1S/C18H22N2O6S2/c1-13-5-6-14(12-17(13)28(19,24)25)20-18(21)4-3-11-26-15-7-9-16(10-8-15)27(2,22)23/h5-10,12H,3-4,11H2,1-2H3,(H,20,21)(H2,19,24,25). The molecule has 0 heterocycles. The molecule has 0 aliphatic carbocycles. The molecule has 0 aromatic heterocycles. The highest BCUT2D eigenvalue weighted by atomic mass is 32.2. The van der Waals surface area contributed by atoms with Crippen molar-refractivity contribution in [3.63, 3.8) is 0 Å². The Hall–Kier alpha value is -2.43. The molecule has 0 radical (unpaired) electrons. The molecular formula is C18H22N2O6S2. The summed E-state index contributed by atoms with van der Waals surface area (Å²) in [5.41, 5.74) is 0.840. The van der Waals surface area contributed by atoms with Crippen molar-refractivity contribution in [2.75, 3.05) is 18.2 Å². The van der Waals surface area contributed by atoms with Gasteiger partial charge in [0.15, 0.2) is 9.84 Å². The molecule has 10 heteroatoms. The van der Waals surface area contributed by atoms with Crippen LogP contribution in [-0.2, 0) is 24.7 Å². The monoisotopic (exact) mass is 426 g/mol. The number of carbonyl (C=O) groups excluding carboxylic acids is 1. The first-order valence-electron chi connectivity index (χ1n) is 8.33. The molecule has 0 aliphatic heterocycles. The molecule has 28 heavy (non-hydrogen) atoms. The minimum Gasteiger partial charge on any atom is -0.494 e. The van der Waals surface area contributed by atoms with Crippen molar-refractivity contribution in [3.05, 3.63) is 48.0 Å². The second kappa shape index (κ2) is 8.72. The van der Waals surface area contributed by atoms with Crippen molar-refractivity contribution < 1.29 is 26.4 Å². The van der Waals surface area contributed by atoms with Crippen LogP contribution in [0.3, 0.4) is 0 Å². The van der Waals surface area contributed by atoms with Crippen LogP contribution < -0.4 is 15.2 Å². The fourth-order valence-corrected chi connectivity index (χ4v) is 3.85. The Labute approximate surface area is 164 Å². The highest BCUT2D eigenvalue weighted by Gasteiger charge is 2.13. The molecule has 8 nitrogen and oxygen atoms in total. The van der Waals surface area contributed by atoms with E-state index in [2.05, 4.69) is 5.32 Å². The summed E-state index contributed by atoms with van der Waals surface area (Å²) in [5, 5.41) is 7.78. The van der Waals surface area contributed by atoms with E-state index in [9.17, 15) is 21.6 Å². The number of aryl methyl sites for hydroxylation is 1. The fraction of sp³-hybridized carbons (Fsp3) is 0.278. The SMILES string of the molecule is Cc1ccc(NC(=O)CCCOc2ccc(S(C)(=O)=O)cc2)cc1S(N)(=O)=O. The van der Waals surface area contributed by atoms with E-state index in [1.54, 1.807) is 31.2 Å². The van der Waals surface area contributed by atoms with Crippen LogP contribution in [-0.4, -0.2) is 35.6 Å². The maximum atomic E-state index is 12.0. The molecule has 0 unspecified atom stereocenters. The lowest BCUT2D eigenvalue weighted by Crippen LogP contribution is -2.16. The lowest BCUT2D eigenvalue weighted by atomic mass is 10.2. The molecule has 0 saturated heterocycles. The summed E-state index contributed by atoms with van der Waals surface area (Å²) in [5.74, 6) is 0.212. The molecule has 2 rings (SSSR count). The predicted octanol–water partition coefficient (Wildman–Crippen LogP) is 1.84. The highest BCUT2D eigenvalue weighted by molar-refractivity contribution is 7.90. The lowest BCUT2D eigenvalue weighted by molar-refractivity contribution is -0.116. The first-order valence-corrected chi connectivity index (χ1v) is 11.8. The summed E-state index contributed by atoms with van der Waals surface area (Å²) in [7, 11) is -7.12. The summed E-state index contributed by atoms with van der Waals surface area (Å²) in [4.78, 5) is 12.2. The number of anilines is 1. The van der Waals surface area contributed by atoms with Crippen LogP contribution in [0.1, 0.15) is 18.4 Å². The summed E-state index contributed by atoms with van der Waals surface area (Å²) in [6, 6.07) is 10.5. The van der Waals surface area contributed by atoms with Gasteiger partial charge in [0, 0.05) is 18.4 Å². The number of hydrogen-bond acceptors (Lipinski definition) is 6. The molecule has 2 aromatic carbocycles. The maximum absolute atomic E-state index is 12.0. The number of hydrogen-bond donors (Lipinski definition) is 2. The molecule has 152 valence electrons. The number of amides is 1. The minimum absolute atomic E-state index is 0.0360. The first kappa shape index (κ1) is 21.9. The molecular weight excluding hydrogens is 404 g/mol. The third-order valence-corrected chi connectivity index (χ3v) is 6.03. The van der Waals surface area contributed by atoms with Crippen molar-refractivity contribution in [1.82, 2.24) is 0 Å². The Bertz CT molecular complexity index is 1060. The van der Waals surface area contributed by atoms with Crippen molar-refractivity contribution in [2.45, 2.75) is 29.6 Å². The number of carbonyl (C=O) groups is 1. The van der Waals surface area contributed by atoms with Gasteiger partial charge in [0.2, 0.25) is 15.9 Å². The highest BCUT2D eigenvalue weighted by Crippen LogP contribution is 2.19. The molecule has 2 aromatic rings. The topological polar surface area (TPSA) is 133 Å². The van der Waals surface area contributed by atoms with Crippen LogP contribution in [0.2, 0.25) is 0 Å². The summed E-state index contributed by atoms with van der Waals surface area (Å²) < 4.78 is 51.3. The maximum Gasteiger partial charge on any atom is 0.238 e. The Balaban J connectivity index is 1.83. The largest absolute Gasteiger partial charge is 0.494 e. The third kappa shape index (κ3) is 6.32. The zero-order chi connectivity index (χ0) is 20.9. The van der Waals surface area contributed by atoms with Crippen LogP contribution in [0.15, 0.2) is 52.3 Å². The number of sulfonamides is 1. The fourth-order valence-electron chi connectivity index (χ4n) is 2.41. The zero-order valence-corrected chi connectivity index (χ0v) is 17.1. The van der Waals surface area contributed by atoms with E-state index < -0.39 is 19.9 Å². The molecule has 0 bridgehead atoms. The van der Waals surface area contributed by atoms with E-state index in [1.807, 2.05) is 0 Å². The number of benzene rings is 2. The molecule has 0 spiro atoms. The average Bonchev–Trinajstić information content (AvgIpc) is 2.59. The van der Waals surface area contributed by atoms with Gasteiger partial charge in [-0.1, -0.05) is 6.07 Å². The Morgan fingerprint density at radius 1 is 1.07 bits per heavy atom. The Morgan fingerprint density at radius 2 is 1.71 bits per heavy atom. The van der Waals surface area contributed by atoms with E-state index in [1.165, 1.54) is 18.2 Å². The lowest BCUT2D eigenvalue weighted by Gasteiger charge is -2.10. The third-order valence-electron chi connectivity index (χ3n) is 3.85. The van der Waals surface area contributed by atoms with E-state index in [4.69, 9.17) is 9.88 Å². The van der Waals surface area contributed by atoms with Gasteiger partial charge in [0.25, 0.3) is 0 Å². The minimum atomic E-state index is -3.86. The van der Waals surface area contributed by atoms with Gasteiger partial charge in [-0.3, -0.25) is 4.79 Å². The van der Waals surface area contributed by atoms with Gasteiger partial charge in [-0.15, -0.1) is 0 Å². The van der Waals surface area contributed by atoms with Crippen molar-refractivity contribution in [3.8, 4) is 5.75 Å². The second-order valence-corrected chi connectivity index (χ2v) is 9.81. The molecule has 0 fully saturated rings. The van der Waals surface area contributed by atoms with Crippen molar-refractivity contribution in [1.29, 1.82) is 0 Å². The van der Waals surface area contributed by atoms with Crippen LogP contribution in [0.25, 0.3) is 0 Å². The number of nitrogens with two attached hydrogens (primary N) is 1. The van der Waals surface area contributed by atoms with Gasteiger partial charge in [-0.25, -0.2) is 22.0 Å². The second-order valence-electron chi connectivity index (χ2n) is 6.27. The number of rotatable bonds is 8. The van der Waals surface area contributed by atoms with E-state index >= 15 is 0 Å². The van der Waals surface area contributed by atoms with Gasteiger partial charge >= 0.3 is 0 Å². The number of nitrogens with one attached hydrogen (secondary N) is 1. The molecule has 0 atom stereocenters. The Morgan fingerprint density at radius 3 is 2.29 bits per heavy atom. The Kier molecular flexibility index (Phi) is 6.81. The predicted molar refractivity (Wildman–Crippen MR) is 105 cm³/mol. The van der Waals surface area contributed by atoms with Gasteiger partial charge < -0.3 is 10.1 Å². The normalized spacial score (nSPS) is 11.8. The molecule has 3 N–H and O–H groups in total. The van der Waals surface area contributed by atoms with Crippen LogP contribution in [0, 0.1) is 6.92 Å². The smallest absolute Gasteiger partial charge is 0.238 e. The zero-order valence-electron chi connectivity index (χ0n) is 15.5. The van der Waals surface area contributed by atoms with E-state index in [0.717, 1.165) is 6.26 Å². The average molecular weight is 427 g/mol. The number of sulfone groups is 1. The van der Waals surface area contributed by atoms with Crippen LogP contribution >= 0.6 is 0 Å². The van der Waals surface area contributed by atoms with Gasteiger partial charge in [-0.2, -0.15) is 0 Å². The summed E-state index contributed by atoms with van der Waals surface area (Å²) >= 11 is 0. The van der Waals surface area contributed by atoms with Gasteiger partial charge in [0.05, 0.1) is 16.4 Å². The van der Waals surface area contributed by atoms with Crippen molar-refractivity contribution in [2.24, 2.45) is 5.14 Å². The summed E-state index contributed by atoms with van der Waals surface area (Å²) in [6.45, 7) is 1.88. The molecule has 1 amide bonds. The number of ether oxygens (including phenoxy) is 1. The molecule has 0 aliphatic rings. The van der Waals surface area contributed by atoms with E-state index in [0.29, 0.717) is 23.4 Å². The van der Waals surface area contributed by atoms with Gasteiger partial charge in [-0.05, 0) is 55.3 Å². The molecule has 0 saturated carbocycles. The first-order chi connectivity index (χ1) is 13.0. The van der Waals surface area contributed by atoms with Crippen LogP contribution in [0.5, 0.6) is 5.75 Å². The number of primary sulfonamides is 1. The summed E-state index contributed by atoms with van der Waals surface area (Å²) in [6.07, 6.45) is 1.72. The van der Waals surface area contributed by atoms with Gasteiger partial charge in [0.1, 0.15) is 5.75 Å². The van der Waals surface area contributed by atoms with Crippen molar-refractivity contribution >= 4 is 31.5 Å². The van der Waals surface area contributed by atoms with E-state index in [-0.39, 0.29) is 28.7 Å². The van der Waals surface area contributed by atoms with Crippen LogP contribution in [0.4, 0.5) is 5.69 Å². The quantitative estimate of drug-likeness (QED) is 0.619.